The largest absolute Gasteiger partial charge is 0.422 e. The molecule has 4 aromatic rings. The van der Waals surface area contributed by atoms with Crippen molar-refractivity contribution >= 4 is 33.7 Å². The Kier molecular flexibility index (Phi) is 3.98. The van der Waals surface area contributed by atoms with E-state index in [1.165, 1.54) is 12.4 Å². The van der Waals surface area contributed by atoms with Crippen LogP contribution < -0.4 is 21.2 Å². The molecule has 0 aromatic carbocycles. The molecule has 152 valence electrons. The molecule has 1 aliphatic rings. The van der Waals surface area contributed by atoms with Gasteiger partial charge in [0.2, 0.25) is 0 Å². The molecule has 0 saturated carbocycles. The first-order valence-electron chi connectivity index (χ1n) is 9.18. The molecule has 0 aliphatic carbocycles. The lowest BCUT2D eigenvalue weighted by atomic mass is 10.2. The summed E-state index contributed by atoms with van der Waals surface area (Å²) in [6.07, 6.45) is 2.98. The summed E-state index contributed by atoms with van der Waals surface area (Å²) in [5, 5.41) is 20.9. The molecule has 0 radical (unpaired) electrons. The molecule has 5 rings (SSSR count). The van der Waals surface area contributed by atoms with Gasteiger partial charge in [0.1, 0.15) is 11.6 Å². The van der Waals surface area contributed by atoms with E-state index in [0.717, 1.165) is 0 Å². The number of hydrogen-bond donors (Lipinski definition) is 2. The zero-order valence-electron chi connectivity index (χ0n) is 15.6. The van der Waals surface area contributed by atoms with E-state index in [0.29, 0.717) is 58.0 Å². The number of fused-ring (bicyclic) bond motifs is 2. The molecule has 12 heteroatoms. The highest BCUT2D eigenvalue weighted by atomic mass is 16.5. The summed E-state index contributed by atoms with van der Waals surface area (Å²) < 4.78 is 0.865. The number of anilines is 2. The van der Waals surface area contributed by atoms with Crippen LogP contribution in [0.3, 0.4) is 0 Å². The summed E-state index contributed by atoms with van der Waals surface area (Å²) in [5.41, 5.74) is -1.33. The predicted octanol–water partition coefficient (Wildman–Crippen LogP) is -0.302. The van der Waals surface area contributed by atoms with Gasteiger partial charge in [-0.3, -0.25) is 0 Å². The number of hydrogen-bond acceptors (Lipinski definition) is 10. The normalized spacial score (nSPS) is 14.5. The third-order valence-corrected chi connectivity index (χ3v) is 5.10. The molecule has 5 heterocycles. The van der Waals surface area contributed by atoms with Gasteiger partial charge in [-0.05, 0) is 24.3 Å². The minimum Gasteiger partial charge on any atom is -0.422 e. The molecule has 0 unspecified atom stereocenters. The molecule has 0 spiro atoms. The van der Waals surface area contributed by atoms with Gasteiger partial charge in [-0.1, -0.05) is 0 Å². The molecule has 4 aromatic heterocycles. The summed E-state index contributed by atoms with van der Waals surface area (Å²) in [6.45, 7) is 1.99. The molecule has 0 amide bonds. The van der Waals surface area contributed by atoms with E-state index in [9.17, 15) is 20.0 Å². The lowest BCUT2D eigenvalue weighted by Gasteiger charge is -2.36. The molecular formula is C18H16N8O4. The van der Waals surface area contributed by atoms with Crippen molar-refractivity contribution in [3.8, 4) is 0 Å². The summed E-state index contributed by atoms with van der Waals surface area (Å²) in [7, 11) is 0. The number of aromatic nitrogens is 6. The first-order chi connectivity index (χ1) is 14.5. The summed E-state index contributed by atoms with van der Waals surface area (Å²) in [4.78, 5) is 44.1. The van der Waals surface area contributed by atoms with Gasteiger partial charge < -0.3 is 20.2 Å². The zero-order chi connectivity index (χ0) is 20.8. The SMILES string of the molecule is O=c1nc(N2CCN(c3nc(=O)n(O)c4ncccc34)CC2)c2cccnc2n1O. The standard InChI is InChI=1S/C18H16N8O4/c27-17-21-15(11-3-1-5-19-13(11)25(17)29)23-7-9-24(10-8-23)16-12-4-2-6-20-14(12)26(30)18(28)22-16/h1-6,29-30H,7-10H2. The van der Waals surface area contributed by atoms with Gasteiger partial charge in [0, 0.05) is 38.6 Å². The van der Waals surface area contributed by atoms with E-state index >= 15 is 0 Å². The minimum absolute atomic E-state index is 0.139. The topological polar surface area (TPSA) is 142 Å². The Hall–Kier alpha value is -4.22. The quantitative estimate of drug-likeness (QED) is 0.424. The van der Waals surface area contributed by atoms with E-state index in [1.54, 1.807) is 24.3 Å². The van der Waals surface area contributed by atoms with Crippen LogP contribution in [0.15, 0.2) is 46.2 Å². The van der Waals surface area contributed by atoms with Crippen molar-refractivity contribution in [3.05, 3.63) is 57.6 Å². The van der Waals surface area contributed by atoms with Gasteiger partial charge in [-0.25, -0.2) is 19.6 Å². The van der Waals surface area contributed by atoms with Gasteiger partial charge in [-0.15, -0.1) is 9.46 Å². The Balaban J connectivity index is 1.49. The van der Waals surface area contributed by atoms with Crippen molar-refractivity contribution in [2.45, 2.75) is 0 Å². The van der Waals surface area contributed by atoms with Crippen LogP contribution in [0.5, 0.6) is 0 Å². The van der Waals surface area contributed by atoms with Crippen molar-refractivity contribution < 1.29 is 10.4 Å². The van der Waals surface area contributed by atoms with Crippen LogP contribution in [0, 0.1) is 0 Å². The Labute approximate surface area is 167 Å². The highest BCUT2D eigenvalue weighted by molar-refractivity contribution is 5.88. The summed E-state index contributed by atoms with van der Waals surface area (Å²) in [6, 6.07) is 6.90. The van der Waals surface area contributed by atoms with Gasteiger partial charge in [0.15, 0.2) is 11.3 Å². The van der Waals surface area contributed by atoms with Crippen LogP contribution in [0.25, 0.3) is 22.1 Å². The second kappa shape index (κ2) is 6.69. The third-order valence-electron chi connectivity index (χ3n) is 5.10. The molecule has 1 aliphatic heterocycles. The zero-order valence-corrected chi connectivity index (χ0v) is 15.6. The number of pyridine rings is 2. The summed E-state index contributed by atoms with van der Waals surface area (Å²) >= 11 is 0. The third kappa shape index (κ3) is 2.69. The van der Waals surface area contributed by atoms with Crippen molar-refractivity contribution in [1.82, 2.24) is 29.4 Å². The van der Waals surface area contributed by atoms with E-state index in [4.69, 9.17) is 0 Å². The van der Waals surface area contributed by atoms with Crippen molar-refractivity contribution in [2.24, 2.45) is 0 Å². The Bertz CT molecular complexity index is 1280. The second-order valence-corrected chi connectivity index (χ2v) is 6.78. The average molecular weight is 408 g/mol. The molecule has 12 nitrogen and oxygen atoms in total. The highest BCUT2D eigenvalue weighted by Crippen LogP contribution is 2.26. The number of nitrogens with zero attached hydrogens (tertiary/aromatic N) is 8. The van der Waals surface area contributed by atoms with Crippen LogP contribution in [0.2, 0.25) is 0 Å². The Morgan fingerprint density at radius 2 is 1.10 bits per heavy atom. The average Bonchev–Trinajstić information content (AvgIpc) is 2.79. The molecule has 1 saturated heterocycles. The van der Waals surface area contributed by atoms with Crippen molar-refractivity contribution in [2.75, 3.05) is 36.0 Å². The number of rotatable bonds is 2. The van der Waals surface area contributed by atoms with Crippen molar-refractivity contribution in [1.29, 1.82) is 0 Å². The molecule has 0 bridgehead atoms. The van der Waals surface area contributed by atoms with Crippen LogP contribution in [-0.2, 0) is 0 Å². The monoisotopic (exact) mass is 408 g/mol. The lowest BCUT2D eigenvalue weighted by Crippen LogP contribution is -2.48. The fourth-order valence-electron chi connectivity index (χ4n) is 3.67. The maximum atomic E-state index is 12.0. The highest BCUT2D eigenvalue weighted by Gasteiger charge is 2.24. The number of piperazine rings is 1. The fourth-order valence-corrected chi connectivity index (χ4v) is 3.67. The molecule has 2 N–H and O–H groups in total. The van der Waals surface area contributed by atoms with Gasteiger partial charge in [-0.2, -0.15) is 9.97 Å². The van der Waals surface area contributed by atoms with Crippen LogP contribution in [0.4, 0.5) is 11.6 Å². The van der Waals surface area contributed by atoms with Gasteiger partial charge in [0.05, 0.1) is 10.8 Å². The van der Waals surface area contributed by atoms with Gasteiger partial charge in [0.25, 0.3) is 0 Å². The minimum atomic E-state index is -0.802. The van der Waals surface area contributed by atoms with E-state index in [-0.39, 0.29) is 11.3 Å². The molecule has 30 heavy (non-hydrogen) atoms. The Morgan fingerprint density at radius 3 is 1.50 bits per heavy atom. The van der Waals surface area contributed by atoms with E-state index in [2.05, 4.69) is 19.9 Å². The molecular weight excluding hydrogens is 392 g/mol. The maximum absolute atomic E-state index is 12.0. The van der Waals surface area contributed by atoms with Crippen LogP contribution in [0.1, 0.15) is 0 Å². The predicted molar refractivity (Wildman–Crippen MR) is 106 cm³/mol. The molecule has 0 atom stereocenters. The van der Waals surface area contributed by atoms with Gasteiger partial charge >= 0.3 is 11.4 Å². The van der Waals surface area contributed by atoms with Crippen molar-refractivity contribution in [3.63, 3.8) is 0 Å². The van der Waals surface area contributed by atoms with Crippen LogP contribution in [-0.4, -0.2) is 66.0 Å². The smallest absolute Gasteiger partial charge is 0.384 e. The first kappa shape index (κ1) is 17.8. The van der Waals surface area contributed by atoms with Crippen LogP contribution >= 0.6 is 0 Å². The fraction of sp³-hybridized carbons (Fsp3) is 0.222. The summed E-state index contributed by atoms with van der Waals surface area (Å²) in [5.74, 6) is 0.886. The Morgan fingerprint density at radius 1 is 0.700 bits per heavy atom. The molecule has 1 fully saturated rings. The lowest BCUT2D eigenvalue weighted by molar-refractivity contribution is 0.182. The van der Waals surface area contributed by atoms with E-state index < -0.39 is 11.4 Å². The van der Waals surface area contributed by atoms with E-state index in [1.807, 2.05) is 9.80 Å². The maximum Gasteiger partial charge on any atom is 0.384 e. The second-order valence-electron chi connectivity index (χ2n) is 6.78. The first-order valence-corrected chi connectivity index (χ1v) is 9.18.